The molecule has 1 saturated heterocycles. The average molecular weight is 293 g/mol. The molecule has 2 aromatic rings. The van der Waals surface area contributed by atoms with Crippen molar-refractivity contribution < 1.29 is 9.90 Å². The van der Waals surface area contributed by atoms with E-state index < -0.39 is 6.10 Å². The molecule has 1 aliphatic heterocycles. The Hall–Kier alpha value is -2.39. The third-order valence-corrected chi connectivity index (χ3v) is 3.94. The van der Waals surface area contributed by atoms with Crippen molar-refractivity contribution in [1.29, 1.82) is 0 Å². The quantitative estimate of drug-likeness (QED) is 0.941. The molecule has 0 aromatic heterocycles. The van der Waals surface area contributed by atoms with Crippen LogP contribution >= 0.6 is 0 Å². The molecule has 3 nitrogen and oxygen atoms in total. The van der Waals surface area contributed by atoms with Crippen LogP contribution in [0.3, 0.4) is 0 Å². The molecule has 3 rings (SSSR count). The van der Waals surface area contributed by atoms with E-state index in [1.807, 2.05) is 72.8 Å². The predicted octanol–water partition coefficient (Wildman–Crippen LogP) is 2.86. The number of aliphatic hydroxyl groups excluding tert-OH is 1. The second-order valence-corrected chi connectivity index (χ2v) is 5.54. The number of amides is 1. The van der Waals surface area contributed by atoms with Crippen molar-refractivity contribution in [3.63, 3.8) is 0 Å². The van der Waals surface area contributed by atoms with Gasteiger partial charge in [0.1, 0.15) is 0 Å². The average Bonchev–Trinajstić information content (AvgIpc) is 2.81. The van der Waals surface area contributed by atoms with E-state index in [0.29, 0.717) is 6.54 Å². The number of benzene rings is 2. The van der Waals surface area contributed by atoms with Crippen molar-refractivity contribution >= 4 is 12.0 Å². The Morgan fingerprint density at radius 2 is 1.68 bits per heavy atom. The number of hydrogen-bond donors (Lipinski definition) is 1. The third kappa shape index (κ3) is 3.26. The first-order valence-corrected chi connectivity index (χ1v) is 7.49. The number of rotatable bonds is 4. The van der Waals surface area contributed by atoms with E-state index in [2.05, 4.69) is 0 Å². The zero-order valence-corrected chi connectivity index (χ0v) is 12.3. The van der Waals surface area contributed by atoms with Crippen molar-refractivity contribution in [2.24, 2.45) is 0 Å². The van der Waals surface area contributed by atoms with Crippen LogP contribution in [0.15, 0.2) is 66.7 Å². The van der Waals surface area contributed by atoms with E-state index >= 15 is 0 Å². The highest BCUT2D eigenvalue weighted by Gasteiger charge is 2.36. The molecule has 1 N–H and O–H groups in total. The summed E-state index contributed by atoms with van der Waals surface area (Å²) in [5.74, 6) is -0.000866. The van der Waals surface area contributed by atoms with Gasteiger partial charge in [-0.15, -0.1) is 0 Å². The number of carbonyl (C=O) groups is 1. The summed E-state index contributed by atoms with van der Waals surface area (Å²) in [6, 6.07) is 19.5. The van der Waals surface area contributed by atoms with Crippen LogP contribution in [0.2, 0.25) is 0 Å². The van der Waals surface area contributed by atoms with Crippen molar-refractivity contribution in [2.75, 3.05) is 0 Å². The summed E-state index contributed by atoms with van der Waals surface area (Å²) in [6.45, 7) is 0.528. The van der Waals surface area contributed by atoms with Gasteiger partial charge in [-0.3, -0.25) is 4.79 Å². The van der Waals surface area contributed by atoms with Gasteiger partial charge in [-0.05, 0) is 11.1 Å². The molecule has 0 spiro atoms. The van der Waals surface area contributed by atoms with E-state index in [1.165, 1.54) is 0 Å². The Morgan fingerprint density at radius 3 is 2.36 bits per heavy atom. The number of hydrogen-bond acceptors (Lipinski definition) is 2. The number of aliphatic hydroxyl groups is 1. The van der Waals surface area contributed by atoms with Crippen molar-refractivity contribution in [2.45, 2.75) is 25.1 Å². The SMILES string of the molecule is O=C1C[C@H](O)[C@H](/C=C/c2ccccc2)N1Cc1ccccc1. The van der Waals surface area contributed by atoms with Crippen molar-refractivity contribution in [1.82, 2.24) is 4.90 Å². The highest BCUT2D eigenvalue weighted by molar-refractivity contribution is 5.80. The molecular weight excluding hydrogens is 274 g/mol. The Bertz CT molecular complexity index is 652. The topological polar surface area (TPSA) is 40.5 Å². The standard InChI is InChI=1S/C19H19NO2/c21-18-13-19(22)20(14-16-9-5-2-6-10-16)17(18)12-11-15-7-3-1-4-8-15/h1-12,17-18,21H,13-14H2/b12-11+/t17-,18-/m0/s1. The molecular formula is C19H19NO2. The zero-order valence-electron chi connectivity index (χ0n) is 12.3. The molecule has 1 amide bonds. The van der Waals surface area contributed by atoms with Crippen LogP contribution in [0.1, 0.15) is 17.5 Å². The fourth-order valence-corrected chi connectivity index (χ4v) is 2.77. The van der Waals surface area contributed by atoms with Crippen LogP contribution in [0.25, 0.3) is 6.08 Å². The molecule has 3 heteroatoms. The van der Waals surface area contributed by atoms with Crippen LogP contribution in [-0.2, 0) is 11.3 Å². The summed E-state index contributed by atoms with van der Waals surface area (Å²) in [5, 5.41) is 10.2. The van der Waals surface area contributed by atoms with Crippen LogP contribution in [0.4, 0.5) is 0 Å². The third-order valence-electron chi connectivity index (χ3n) is 3.94. The first-order valence-electron chi connectivity index (χ1n) is 7.49. The number of nitrogens with zero attached hydrogens (tertiary/aromatic N) is 1. The molecule has 0 unspecified atom stereocenters. The van der Waals surface area contributed by atoms with Crippen LogP contribution in [0, 0.1) is 0 Å². The van der Waals surface area contributed by atoms with Gasteiger partial charge >= 0.3 is 0 Å². The van der Waals surface area contributed by atoms with Crippen LogP contribution in [-0.4, -0.2) is 28.1 Å². The summed E-state index contributed by atoms with van der Waals surface area (Å²) in [4.78, 5) is 13.9. The van der Waals surface area contributed by atoms with Gasteiger partial charge in [0.05, 0.1) is 18.6 Å². The molecule has 1 fully saturated rings. The summed E-state index contributed by atoms with van der Waals surface area (Å²) >= 11 is 0. The second kappa shape index (κ2) is 6.58. The first-order chi connectivity index (χ1) is 10.7. The molecule has 2 aromatic carbocycles. The van der Waals surface area contributed by atoms with Gasteiger partial charge in [-0.2, -0.15) is 0 Å². The van der Waals surface area contributed by atoms with Gasteiger partial charge in [0, 0.05) is 6.54 Å². The maximum absolute atomic E-state index is 12.1. The number of likely N-dealkylation sites (tertiary alicyclic amines) is 1. The molecule has 1 heterocycles. The largest absolute Gasteiger partial charge is 0.390 e. The van der Waals surface area contributed by atoms with Crippen LogP contribution in [0.5, 0.6) is 0 Å². The van der Waals surface area contributed by atoms with Crippen molar-refractivity contribution in [3.05, 3.63) is 77.9 Å². The summed E-state index contributed by atoms with van der Waals surface area (Å²) in [7, 11) is 0. The monoisotopic (exact) mass is 293 g/mol. The second-order valence-electron chi connectivity index (χ2n) is 5.54. The zero-order chi connectivity index (χ0) is 15.4. The molecule has 1 aliphatic rings. The molecule has 0 saturated carbocycles. The smallest absolute Gasteiger partial charge is 0.226 e. The van der Waals surface area contributed by atoms with E-state index in [1.54, 1.807) is 4.90 Å². The molecule has 0 radical (unpaired) electrons. The molecule has 2 atom stereocenters. The van der Waals surface area contributed by atoms with E-state index in [4.69, 9.17) is 0 Å². The minimum absolute atomic E-state index is 0.000866. The first kappa shape index (κ1) is 14.5. The lowest BCUT2D eigenvalue weighted by Gasteiger charge is -2.24. The maximum atomic E-state index is 12.1. The highest BCUT2D eigenvalue weighted by Crippen LogP contribution is 2.23. The minimum Gasteiger partial charge on any atom is -0.390 e. The van der Waals surface area contributed by atoms with E-state index in [0.717, 1.165) is 11.1 Å². The Morgan fingerprint density at radius 1 is 1.05 bits per heavy atom. The molecule has 0 bridgehead atoms. The van der Waals surface area contributed by atoms with E-state index in [-0.39, 0.29) is 18.4 Å². The normalized spacial score (nSPS) is 21.7. The lowest BCUT2D eigenvalue weighted by Crippen LogP contribution is -2.34. The summed E-state index contributed by atoms with van der Waals surface area (Å²) in [6.07, 6.45) is 3.44. The number of carbonyl (C=O) groups excluding carboxylic acids is 1. The maximum Gasteiger partial charge on any atom is 0.226 e. The van der Waals surface area contributed by atoms with Gasteiger partial charge in [0.15, 0.2) is 0 Å². The molecule has 22 heavy (non-hydrogen) atoms. The summed E-state index contributed by atoms with van der Waals surface area (Å²) in [5.41, 5.74) is 2.14. The highest BCUT2D eigenvalue weighted by atomic mass is 16.3. The lowest BCUT2D eigenvalue weighted by atomic mass is 10.1. The van der Waals surface area contributed by atoms with Crippen LogP contribution < -0.4 is 0 Å². The van der Waals surface area contributed by atoms with E-state index in [9.17, 15) is 9.90 Å². The van der Waals surface area contributed by atoms with Gasteiger partial charge in [0.2, 0.25) is 5.91 Å². The van der Waals surface area contributed by atoms with Gasteiger partial charge in [-0.1, -0.05) is 72.8 Å². The lowest BCUT2D eigenvalue weighted by molar-refractivity contribution is -0.129. The van der Waals surface area contributed by atoms with Gasteiger partial charge in [-0.25, -0.2) is 0 Å². The predicted molar refractivity (Wildman–Crippen MR) is 86.9 cm³/mol. The Balaban J connectivity index is 1.78. The molecule has 0 aliphatic carbocycles. The summed E-state index contributed by atoms with van der Waals surface area (Å²) < 4.78 is 0. The molecule has 112 valence electrons. The van der Waals surface area contributed by atoms with Gasteiger partial charge < -0.3 is 10.0 Å². The Labute approximate surface area is 130 Å². The fourth-order valence-electron chi connectivity index (χ4n) is 2.77. The Kier molecular flexibility index (Phi) is 4.35. The van der Waals surface area contributed by atoms with Gasteiger partial charge in [0.25, 0.3) is 0 Å². The minimum atomic E-state index is -0.642. The fraction of sp³-hybridized carbons (Fsp3) is 0.211. The van der Waals surface area contributed by atoms with Crippen molar-refractivity contribution in [3.8, 4) is 0 Å².